The fourth-order valence-corrected chi connectivity index (χ4v) is 1.61. The standard InChI is InChI=1S/C10H14O2/c1-6-4-9(12)5-7(2)10(6)8(3)11/h4-5,8,11-12H,1-3H3. The summed E-state index contributed by atoms with van der Waals surface area (Å²) in [6.45, 7) is 5.50. The predicted molar refractivity (Wildman–Crippen MR) is 48.2 cm³/mol. The Bertz CT molecular complexity index is 267. The van der Waals surface area contributed by atoms with Gasteiger partial charge < -0.3 is 10.2 Å². The Morgan fingerprint density at radius 2 is 1.58 bits per heavy atom. The Hall–Kier alpha value is -1.02. The van der Waals surface area contributed by atoms with Gasteiger partial charge in [-0.2, -0.15) is 0 Å². The Morgan fingerprint density at radius 1 is 1.17 bits per heavy atom. The van der Waals surface area contributed by atoms with Crippen LogP contribution >= 0.6 is 0 Å². The van der Waals surface area contributed by atoms with E-state index in [9.17, 15) is 10.2 Å². The Labute approximate surface area is 72.5 Å². The molecule has 0 radical (unpaired) electrons. The molecule has 0 bridgehead atoms. The summed E-state index contributed by atoms with van der Waals surface area (Å²) >= 11 is 0. The van der Waals surface area contributed by atoms with Gasteiger partial charge in [-0.05, 0) is 49.6 Å². The van der Waals surface area contributed by atoms with Crippen molar-refractivity contribution in [1.82, 2.24) is 0 Å². The highest BCUT2D eigenvalue weighted by atomic mass is 16.3. The number of aliphatic hydroxyl groups is 1. The van der Waals surface area contributed by atoms with Crippen molar-refractivity contribution < 1.29 is 10.2 Å². The summed E-state index contributed by atoms with van der Waals surface area (Å²) in [5.41, 5.74) is 2.78. The number of rotatable bonds is 1. The molecule has 1 aromatic rings. The Kier molecular flexibility index (Phi) is 2.38. The van der Waals surface area contributed by atoms with Crippen molar-refractivity contribution in [3.63, 3.8) is 0 Å². The molecule has 1 aromatic carbocycles. The zero-order valence-electron chi connectivity index (χ0n) is 7.63. The first-order valence-electron chi connectivity index (χ1n) is 4.00. The van der Waals surface area contributed by atoms with Crippen LogP contribution in [0.15, 0.2) is 12.1 Å². The van der Waals surface area contributed by atoms with Gasteiger partial charge >= 0.3 is 0 Å². The fraction of sp³-hybridized carbons (Fsp3) is 0.400. The molecule has 2 N–H and O–H groups in total. The van der Waals surface area contributed by atoms with Gasteiger partial charge in [0.05, 0.1) is 6.10 Å². The van der Waals surface area contributed by atoms with E-state index >= 15 is 0 Å². The lowest BCUT2D eigenvalue weighted by Gasteiger charge is -2.12. The van der Waals surface area contributed by atoms with E-state index < -0.39 is 6.10 Å². The van der Waals surface area contributed by atoms with Gasteiger partial charge in [0.15, 0.2) is 0 Å². The summed E-state index contributed by atoms with van der Waals surface area (Å²) in [5.74, 6) is 0.259. The van der Waals surface area contributed by atoms with Gasteiger partial charge in [0, 0.05) is 0 Å². The van der Waals surface area contributed by atoms with Crippen LogP contribution in [0.25, 0.3) is 0 Å². The van der Waals surface area contributed by atoms with E-state index in [2.05, 4.69) is 0 Å². The third-order valence-corrected chi connectivity index (χ3v) is 2.00. The van der Waals surface area contributed by atoms with E-state index in [4.69, 9.17) is 0 Å². The highest BCUT2D eigenvalue weighted by Gasteiger charge is 2.08. The minimum atomic E-state index is -0.467. The smallest absolute Gasteiger partial charge is 0.116 e. The van der Waals surface area contributed by atoms with Crippen molar-refractivity contribution in [3.8, 4) is 5.75 Å². The van der Waals surface area contributed by atoms with Crippen LogP contribution < -0.4 is 0 Å². The number of phenols is 1. The molecule has 0 spiro atoms. The van der Waals surface area contributed by atoms with E-state index in [0.717, 1.165) is 16.7 Å². The topological polar surface area (TPSA) is 40.5 Å². The van der Waals surface area contributed by atoms with E-state index in [1.54, 1.807) is 19.1 Å². The minimum absolute atomic E-state index is 0.259. The lowest BCUT2D eigenvalue weighted by Crippen LogP contribution is -1.98. The molecular formula is C10H14O2. The molecule has 0 heterocycles. The van der Waals surface area contributed by atoms with Crippen molar-refractivity contribution in [1.29, 1.82) is 0 Å². The number of hydrogen-bond acceptors (Lipinski definition) is 2. The fourth-order valence-electron chi connectivity index (χ4n) is 1.61. The molecule has 0 aliphatic carbocycles. The summed E-state index contributed by atoms with van der Waals surface area (Å²) in [5, 5.41) is 18.6. The molecule has 0 amide bonds. The Balaban J connectivity index is 3.28. The maximum atomic E-state index is 9.39. The molecule has 2 heteroatoms. The number of benzene rings is 1. The molecule has 0 fully saturated rings. The van der Waals surface area contributed by atoms with Crippen LogP contribution in [0.4, 0.5) is 0 Å². The molecule has 0 aromatic heterocycles. The van der Waals surface area contributed by atoms with Gasteiger partial charge in [0.2, 0.25) is 0 Å². The molecular weight excluding hydrogens is 152 g/mol. The first-order chi connectivity index (χ1) is 5.52. The average Bonchev–Trinajstić information content (AvgIpc) is 1.82. The molecule has 1 rings (SSSR count). The van der Waals surface area contributed by atoms with Crippen molar-refractivity contribution in [2.75, 3.05) is 0 Å². The van der Waals surface area contributed by atoms with Gasteiger partial charge in [-0.3, -0.25) is 0 Å². The van der Waals surface area contributed by atoms with Gasteiger partial charge in [0.1, 0.15) is 5.75 Å². The van der Waals surface area contributed by atoms with Crippen molar-refractivity contribution in [3.05, 3.63) is 28.8 Å². The van der Waals surface area contributed by atoms with Gasteiger partial charge in [0.25, 0.3) is 0 Å². The number of hydrogen-bond donors (Lipinski definition) is 2. The van der Waals surface area contributed by atoms with Crippen LogP contribution in [0.2, 0.25) is 0 Å². The van der Waals surface area contributed by atoms with Crippen molar-refractivity contribution in [2.24, 2.45) is 0 Å². The van der Waals surface area contributed by atoms with Gasteiger partial charge in [-0.1, -0.05) is 0 Å². The monoisotopic (exact) mass is 166 g/mol. The normalized spacial score (nSPS) is 13.0. The molecule has 1 atom stereocenters. The summed E-state index contributed by atoms with van der Waals surface area (Å²) < 4.78 is 0. The van der Waals surface area contributed by atoms with E-state index in [0.29, 0.717) is 0 Å². The van der Waals surface area contributed by atoms with Gasteiger partial charge in [-0.15, -0.1) is 0 Å². The average molecular weight is 166 g/mol. The summed E-state index contributed by atoms with van der Waals surface area (Å²) in [4.78, 5) is 0. The first-order valence-corrected chi connectivity index (χ1v) is 4.00. The summed E-state index contributed by atoms with van der Waals surface area (Å²) in [7, 11) is 0. The van der Waals surface area contributed by atoms with Crippen molar-refractivity contribution in [2.45, 2.75) is 26.9 Å². The second-order valence-electron chi connectivity index (χ2n) is 3.17. The molecule has 0 saturated carbocycles. The molecule has 1 unspecified atom stereocenters. The third kappa shape index (κ3) is 1.59. The predicted octanol–water partition coefficient (Wildman–Crippen LogP) is 2.06. The number of phenolic OH excluding ortho intramolecular Hbond substituents is 1. The van der Waals surface area contributed by atoms with Gasteiger partial charge in [-0.25, -0.2) is 0 Å². The van der Waals surface area contributed by atoms with Crippen LogP contribution in [-0.4, -0.2) is 10.2 Å². The molecule has 0 aliphatic heterocycles. The van der Waals surface area contributed by atoms with Crippen LogP contribution in [0.5, 0.6) is 5.75 Å². The molecule has 12 heavy (non-hydrogen) atoms. The van der Waals surface area contributed by atoms with Crippen molar-refractivity contribution >= 4 is 0 Å². The SMILES string of the molecule is Cc1cc(O)cc(C)c1C(C)O. The summed E-state index contributed by atoms with van der Waals surface area (Å²) in [6.07, 6.45) is -0.467. The third-order valence-electron chi connectivity index (χ3n) is 2.00. The lowest BCUT2D eigenvalue weighted by atomic mass is 9.98. The quantitative estimate of drug-likeness (QED) is 0.670. The molecule has 2 nitrogen and oxygen atoms in total. The lowest BCUT2D eigenvalue weighted by molar-refractivity contribution is 0.197. The largest absolute Gasteiger partial charge is 0.508 e. The van der Waals surface area contributed by atoms with Crippen LogP contribution in [0.1, 0.15) is 29.7 Å². The minimum Gasteiger partial charge on any atom is -0.508 e. The molecule has 0 saturated heterocycles. The van der Waals surface area contributed by atoms with Crippen LogP contribution in [-0.2, 0) is 0 Å². The number of aliphatic hydroxyl groups excluding tert-OH is 1. The molecule has 0 aliphatic rings. The number of aryl methyl sites for hydroxylation is 2. The number of aromatic hydroxyl groups is 1. The van der Waals surface area contributed by atoms with Crippen LogP contribution in [0, 0.1) is 13.8 Å². The first kappa shape index (κ1) is 9.07. The second-order valence-corrected chi connectivity index (χ2v) is 3.17. The van der Waals surface area contributed by atoms with E-state index in [-0.39, 0.29) is 5.75 Å². The zero-order valence-corrected chi connectivity index (χ0v) is 7.63. The highest BCUT2D eigenvalue weighted by Crippen LogP contribution is 2.25. The van der Waals surface area contributed by atoms with E-state index in [1.165, 1.54) is 0 Å². The Morgan fingerprint density at radius 3 is 1.92 bits per heavy atom. The maximum absolute atomic E-state index is 9.39. The second kappa shape index (κ2) is 3.15. The van der Waals surface area contributed by atoms with E-state index in [1.807, 2.05) is 13.8 Å². The van der Waals surface area contributed by atoms with Crippen LogP contribution in [0.3, 0.4) is 0 Å². The molecule has 66 valence electrons. The summed E-state index contributed by atoms with van der Waals surface area (Å²) in [6, 6.07) is 3.32. The maximum Gasteiger partial charge on any atom is 0.116 e. The highest BCUT2D eigenvalue weighted by molar-refractivity contribution is 5.41. The zero-order chi connectivity index (χ0) is 9.30.